The van der Waals surface area contributed by atoms with E-state index < -0.39 is 21.8 Å². The van der Waals surface area contributed by atoms with Crippen molar-refractivity contribution in [1.82, 2.24) is 0 Å². The summed E-state index contributed by atoms with van der Waals surface area (Å²) in [6.45, 7) is 7.49. The lowest BCUT2D eigenvalue weighted by molar-refractivity contribution is 0.0697. The average molecular weight is 537 g/mol. The molecule has 1 heterocycles. The molecule has 1 aliphatic heterocycles. The van der Waals surface area contributed by atoms with Gasteiger partial charge in [0, 0.05) is 23.2 Å². The Bertz CT molecular complexity index is 1560. The fourth-order valence-corrected chi connectivity index (χ4v) is 4.16. The number of rotatable bonds is 8. The van der Waals surface area contributed by atoms with Gasteiger partial charge in [0.25, 0.3) is 15.8 Å². The van der Waals surface area contributed by atoms with Crippen LogP contribution in [0.5, 0.6) is 5.75 Å². The van der Waals surface area contributed by atoms with Gasteiger partial charge in [0.15, 0.2) is 5.75 Å². The van der Waals surface area contributed by atoms with Crippen molar-refractivity contribution in [3.63, 3.8) is 0 Å². The molecule has 0 aromatic heterocycles. The van der Waals surface area contributed by atoms with Crippen molar-refractivity contribution in [2.24, 2.45) is 0 Å². The highest BCUT2D eigenvalue weighted by Gasteiger charge is 2.26. The van der Waals surface area contributed by atoms with Crippen molar-refractivity contribution in [2.75, 3.05) is 17.2 Å². The third kappa shape index (κ3) is 6.54. The summed E-state index contributed by atoms with van der Waals surface area (Å²) in [6.07, 6.45) is 2.81. The van der Waals surface area contributed by atoms with Crippen LogP contribution in [0.1, 0.15) is 22.3 Å². The number of benzene rings is 2. The van der Waals surface area contributed by atoms with Gasteiger partial charge in [-0.15, -0.1) is 0 Å². The van der Waals surface area contributed by atoms with Crippen molar-refractivity contribution in [2.45, 2.75) is 6.42 Å². The van der Waals surface area contributed by atoms with Gasteiger partial charge in [-0.1, -0.05) is 23.7 Å². The molecule has 0 saturated heterocycles. The fourth-order valence-electron chi connectivity index (χ4n) is 3.50. The first-order chi connectivity index (χ1) is 17.6. The highest BCUT2D eigenvalue weighted by molar-refractivity contribution is 7.85. The summed E-state index contributed by atoms with van der Waals surface area (Å²) in [7, 11) is -4.18. The fraction of sp³-hybridized carbons (Fsp3) is 0.120. The molecule has 0 radical (unpaired) electrons. The van der Waals surface area contributed by atoms with E-state index in [1.54, 1.807) is 29.2 Å². The minimum atomic E-state index is -4.18. The molecule has 0 saturated carbocycles. The number of hydrogen-bond donors (Lipinski definition) is 2. The number of halogens is 1. The maximum Gasteiger partial charge on any atom is 0.335 e. The van der Waals surface area contributed by atoms with Crippen molar-refractivity contribution >= 4 is 38.9 Å². The molecule has 186 valence electrons. The van der Waals surface area contributed by atoms with Gasteiger partial charge in [0.2, 0.25) is 5.88 Å². The molecule has 37 heavy (non-hydrogen) atoms. The van der Waals surface area contributed by atoms with Crippen molar-refractivity contribution in [3.05, 3.63) is 99.3 Å². The summed E-state index contributed by atoms with van der Waals surface area (Å²) in [6, 6.07) is 13.9. The van der Waals surface area contributed by atoms with Crippen LogP contribution in [0.2, 0.25) is 5.02 Å². The zero-order chi connectivity index (χ0) is 27.2. The Hall–Kier alpha value is -4.60. The van der Waals surface area contributed by atoms with E-state index in [0.29, 0.717) is 16.5 Å². The summed E-state index contributed by atoms with van der Waals surface area (Å²) in [5.74, 6) is -1.01. The number of carbonyl (C=O) groups is 1. The lowest BCUT2D eigenvalue weighted by Crippen LogP contribution is -2.23. The van der Waals surface area contributed by atoms with E-state index in [1.807, 2.05) is 6.07 Å². The third-order valence-electron chi connectivity index (χ3n) is 5.13. The van der Waals surface area contributed by atoms with Crippen LogP contribution in [0, 0.1) is 29.2 Å². The molecule has 1 aliphatic rings. The van der Waals surface area contributed by atoms with E-state index in [9.17, 15) is 23.7 Å². The molecule has 2 aromatic rings. The van der Waals surface area contributed by atoms with Crippen LogP contribution in [-0.4, -0.2) is 36.3 Å². The van der Waals surface area contributed by atoms with E-state index in [4.69, 9.17) is 32.6 Å². The zero-order valence-electron chi connectivity index (χ0n) is 18.9. The first-order valence-electron chi connectivity index (χ1n) is 10.5. The Morgan fingerprint density at radius 3 is 2.41 bits per heavy atom. The number of fused-ring (bicyclic) bond motifs is 1. The third-order valence-corrected chi connectivity index (χ3v) is 6.17. The average Bonchev–Trinajstić information content (AvgIpc) is 3.19. The second kappa shape index (κ2) is 11.4. The highest BCUT2D eigenvalue weighted by Crippen LogP contribution is 2.41. The quantitative estimate of drug-likeness (QED) is 0.212. The molecule has 10 nitrogen and oxygen atoms in total. The summed E-state index contributed by atoms with van der Waals surface area (Å²) < 4.78 is 37.3. The maximum absolute atomic E-state index is 11.2. The first kappa shape index (κ1) is 27.0. The molecule has 3 rings (SSSR count). The second-order valence-corrected chi connectivity index (χ2v) is 9.54. The minimum absolute atomic E-state index is 0.00488. The largest absolute Gasteiger partial charge is 0.478 e. The Balaban J connectivity index is 2.06. The smallest absolute Gasteiger partial charge is 0.335 e. The predicted octanol–water partition coefficient (Wildman–Crippen LogP) is 4.66. The van der Waals surface area contributed by atoms with Crippen molar-refractivity contribution in [3.8, 4) is 17.9 Å². The topological polar surface area (TPSA) is 156 Å². The Morgan fingerprint density at radius 1 is 1.16 bits per heavy atom. The van der Waals surface area contributed by atoms with E-state index in [2.05, 4.69) is 4.85 Å². The van der Waals surface area contributed by atoms with E-state index in [-0.39, 0.29) is 46.8 Å². The van der Waals surface area contributed by atoms with Gasteiger partial charge >= 0.3 is 5.97 Å². The van der Waals surface area contributed by atoms with Crippen LogP contribution >= 0.6 is 11.6 Å². The van der Waals surface area contributed by atoms with Crippen LogP contribution in [0.25, 0.3) is 10.4 Å². The highest BCUT2D eigenvalue weighted by atomic mass is 35.5. The molecular weight excluding hydrogens is 520 g/mol. The minimum Gasteiger partial charge on any atom is -0.478 e. The number of hydrogen-bond acceptors (Lipinski definition) is 7. The summed E-state index contributed by atoms with van der Waals surface area (Å²) in [5, 5.41) is 28.9. The summed E-state index contributed by atoms with van der Waals surface area (Å²) in [5.41, 5.74) is 0.381. The lowest BCUT2D eigenvalue weighted by Gasteiger charge is -2.18. The number of nitrogens with zero attached hydrogens (tertiary/aromatic N) is 4. The molecule has 0 spiro atoms. The summed E-state index contributed by atoms with van der Waals surface area (Å²) >= 11 is 6.11. The molecule has 2 N–H and O–H groups in total. The van der Waals surface area contributed by atoms with Gasteiger partial charge in [0.1, 0.15) is 0 Å². The lowest BCUT2D eigenvalue weighted by atomic mass is 9.95. The van der Waals surface area contributed by atoms with Gasteiger partial charge in [-0.25, -0.2) is 14.9 Å². The second-order valence-electron chi connectivity index (χ2n) is 7.53. The Kier molecular flexibility index (Phi) is 8.33. The predicted molar refractivity (Wildman–Crippen MR) is 135 cm³/mol. The number of carboxylic acid groups (broad SMARTS) is 1. The van der Waals surface area contributed by atoms with Crippen LogP contribution in [-0.2, 0) is 10.1 Å². The first-order valence-corrected chi connectivity index (χ1v) is 12.4. The monoisotopic (exact) mass is 536 g/mol. The molecule has 0 aliphatic carbocycles. The summed E-state index contributed by atoms with van der Waals surface area (Å²) in [4.78, 5) is 16.0. The number of carboxylic acids is 1. The molecule has 0 atom stereocenters. The van der Waals surface area contributed by atoms with Crippen LogP contribution in [0.15, 0.2) is 71.8 Å². The normalized spacial score (nSPS) is 14.6. The number of ether oxygens (including phenoxy) is 1. The SMILES string of the molecule is [C-]#[N+]/C(C#N)=C(/C(C#N)=C/C=C1\Oc2ccc(Cl)cc2N1CCCS(=O)(=O)O)c1ccc(C(=O)O)cc1. The van der Waals surface area contributed by atoms with Gasteiger partial charge in [-0.2, -0.15) is 13.7 Å². The van der Waals surface area contributed by atoms with Gasteiger partial charge in [-0.3, -0.25) is 4.55 Å². The van der Waals surface area contributed by atoms with Crippen LogP contribution < -0.4 is 9.64 Å². The molecule has 2 aromatic carbocycles. The maximum atomic E-state index is 11.2. The molecule has 12 heteroatoms. The molecular formula is C25H17ClN4O6S. The standard InChI is InChI=1S/C25H17ClN4O6S/c1-29-20(15-28)24(16-3-5-17(6-4-16)25(31)32)18(14-27)7-10-23-30(11-2-12-37(33,34)35)21-13-19(26)8-9-22(21)36-23/h3-10,13H,2,11-12H2,(H,31,32)(H,33,34,35)/b18-7+,23-10-,24-20+. The van der Waals surface area contributed by atoms with Crippen molar-refractivity contribution < 1.29 is 27.6 Å². The van der Waals surface area contributed by atoms with Gasteiger partial charge < -0.3 is 14.7 Å². The number of anilines is 1. The molecule has 0 fully saturated rings. The van der Waals surface area contributed by atoms with Crippen LogP contribution in [0.3, 0.4) is 0 Å². The number of aromatic carboxylic acids is 1. The van der Waals surface area contributed by atoms with Gasteiger partial charge in [-0.05, 0) is 48.4 Å². The zero-order valence-corrected chi connectivity index (χ0v) is 20.5. The van der Waals surface area contributed by atoms with Crippen LogP contribution in [0.4, 0.5) is 5.69 Å². The van der Waals surface area contributed by atoms with E-state index in [0.717, 1.165) is 0 Å². The number of allylic oxidation sites excluding steroid dienone is 5. The van der Waals surface area contributed by atoms with E-state index >= 15 is 0 Å². The Labute approximate surface area is 217 Å². The molecule has 0 amide bonds. The number of nitriles is 2. The van der Waals surface area contributed by atoms with Gasteiger partial charge in [0.05, 0.1) is 41.3 Å². The molecule has 0 bridgehead atoms. The van der Waals surface area contributed by atoms with E-state index in [1.165, 1.54) is 36.4 Å². The van der Waals surface area contributed by atoms with Crippen molar-refractivity contribution in [1.29, 1.82) is 10.5 Å². The molecule has 0 unspecified atom stereocenters. The Morgan fingerprint density at radius 2 is 1.84 bits per heavy atom.